The third kappa shape index (κ3) is 2.14. The van der Waals surface area contributed by atoms with Crippen LogP contribution in [0, 0.1) is 5.92 Å². The zero-order chi connectivity index (χ0) is 12.6. The van der Waals surface area contributed by atoms with Gasteiger partial charge in [0.2, 0.25) is 5.91 Å². The first-order valence-electron chi connectivity index (χ1n) is 5.49. The van der Waals surface area contributed by atoms with E-state index in [1.807, 2.05) is 24.3 Å². The summed E-state index contributed by atoms with van der Waals surface area (Å²) in [4.78, 5) is 25.1. The second-order valence-electron chi connectivity index (χ2n) is 4.47. The van der Waals surface area contributed by atoms with Gasteiger partial charge in [0.1, 0.15) is 4.83 Å². The molecular weight excluding hydrogens is 282 g/mol. The lowest BCUT2D eigenvalue weighted by atomic mass is 10.0. The van der Waals surface area contributed by atoms with Crippen LogP contribution >= 0.6 is 15.9 Å². The molecule has 1 aromatic carbocycles. The zero-order valence-corrected chi connectivity index (χ0v) is 11.4. The highest BCUT2D eigenvalue weighted by atomic mass is 79.9. The third-order valence-corrected chi connectivity index (χ3v) is 4.12. The maximum absolute atomic E-state index is 12.2. The number of hydrogen-bond donors (Lipinski definition) is 0. The first-order chi connectivity index (χ1) is 8.02. The first-order valence-corrected chi connectivity index (χ1v) is 6.41. The van der Waals surface area contributed by atoms with Gasteiger partial charge in [0.25, 0.3) is 0 Å². The molecule has 0 bridgehead atoms. The van der Waals surface area contributed by atoms with Crippen molar-refractivity contribution in [3.63, 3.8) is 0 Å². The number of ketones is 1. The smallest absolute Gasteiger partial charge is 0.236 e. The Morgan fingerprint density at radius 3 is 2.65 bits per heavy atom. The van der Waals surface area contributed by atoms with Gasteiger partial charge in [-0.25, -0.2) is 0 Å². The van der Waals surface area contributed by atoms with E-state index in [-0.39, 0.29) is 17.6 Å². The van der Waals surface area contributed by atoms with E-state index in [0.29, 0.717) is 6.42 Å². The van der Waals surface area contributed by atoms with Crippen LogP contribution in [0.2, 0.25) is 0 Å². The minimum absolute atomic E-state index is 0.0591. The number of carbonyl (C=O) groups is 2. The molecule has 90 valence electrons. The Morgan fingerprint density at radius 1 is 1.41 bits per heavy atom. The summed E-state index contributed by atoms with van der Waals surface area (Å²) in [5.41, 5.74) is 1.80. The first kappa shape index (κ1) is 12.3. The largest absolute Gasteiger partial charge is 0.348 e. The highest BCUT2D eigenvalue weighted by Crippen LogP contribution is 2.32. The van der Waals surface area contributed by atoms with Gasteiger partial charge in [-0.1, -0.05) is 40.2 Å². The summed E-state index contributed by atoms with van der Waals surface area (Å²) >= 11 is 3.36. The maximum Gasteiger partial charge on any atom is 0.236 e. The summed E-state index contributed by atoms with van der Waals surface area (Å²) in [5.74, 6) is -0.267. The Morgan fingerprint density at radius 2 is 2.06 bits per heavy atom. The number of rotatable bonds is 2. The lowest BCUT2D eigenvalue weighted by molar-refractivity contribution is -0.128. The molecule has 0 saturated heterocycles. The normalized spacial score (nSPS) is 19.9. The van der Waals surface area contributed by atoms with E-state index < -0.39 is 4.83 Å². The number of Topliss-reactive ketones (excluding diaryl/α,β-unsaturated/α-hetero) is 1. The Balaban J connectivity index is 2.23. The van der Waals surface area contributed by atoms with E-state index in [9.17, 15) is 9.59 Å². The van der Waals surface area contributed by atoms with Gasteiger partial charge < -0.3 is 4.90 Å². The SMILES string of the molecule is CN(C)C(=O)C(Br)C1Cc2ccccc2C1=O. The fourth-order valence-corrected chi connectivity index (χ4v) is 2.96. The lowest BCUT2D eigenvalue weighted by Gasteiger charge is -2.19. The summed E-state index contributed by atoms with van der Waals surface area (Å²) < 4.78 is 0. The van der Waals surface area contributed by atoms with Crippen molar-refractivity contribution in [2.45, 2.75) is 11.2 Å². The van der Waals surface area contributed by atoms with Crippen molar-refractivity contribution in [1.82, 2.24) is 4.90 Å². The summed E-state index contributed by atoms with van der Waals surface area (Å²) in [7, 11) is 3.40. The average molecular weight is 296 g/mol. The second-order valence-corrected chi connectivity index (χ2v) is 5.45. The van der Waals surface area contributed by atoms with Crippen molar-refractivity contribution in [2.75, 3.05) is 14.1 Å². The predicted molar refractivity (Wildman–Crippen MR) is 69.4 cm³/mol. The van der Waals surface area contributed by atoms with E-state index in [4.69, 9.17) is 0 Å². The highest BCUT2D eigenvalue weighted by Gasteiger charge is 2.38. The number of carbonyl (C=O) groups excluding carboxylic acids is 2. The molecule has 2 atom stereocenters. The van der Waals surface area contributed by atoms with Crippen LogP contribution in [-0.2, 0) is 11.2 Å². The lowest BCUT2D eigenvalue weighted by Crippen LogP contribution is -2.37. The Labute approximate surface area is 109 Å². The van der Waals surface area contributed by atoms with Crippen molar-refractivity contribution < 1.29 is 9.59 Å². The van der Waals surface area contributed by atoms with Crippen LogP contribution in [0.15, 0.2) is 24.3 Å². The standard InChI is InChI=1S/C13H14BrNO2/c1-15(2)13(17)11(14)10-7-8-5-3-4-6-9(8)12(10)16/h3-6,10-11H,7H2,1-2H3. The molecule has 0 aliphatic heterocycles. The van der Waals surface area contributed by atoms with Crippen molar-refractivity contribution in [1.29, 1.82) is 0 Å². The molecule has 0 spiro atoms. The van der Waals surface area contributed by atoms with Gasteiger partial charge in [0.15, 0.2) is 5.78 Å². The van der Waals surface area contributed by atoms with Crippen LogP contribution in [0.3, 0.4) is 0 Å². The molecule has 0 N–H and O–H groups in total. The number of fused-ring (bicyclic) bond motifs is 1. The van der Waals surface area contributed by atoms with Crippen molar-refractivity contribution in [2.24, 2.45) is 5.92 Å². The van der Waals surface area contributed by atoms with Gasteiger partial charge in [0.05, 0.1) is 0 Å². The van der Waals surface area contributed by atoms with Gasteiger partial charge in [-0.15, -0.1) is 0 Å². The van der Waals surface area contributed by atoms with Crippen LogP contribution in [0.25, 0.3) is 0 Å². The van der Waals surface area contributed by atoms with Crippen molar-refractivity contribution in [3.05, 3.63) is 35.4 Å². The van der Waals surface area contributed by atoms with Gasteiger partial charge in [0, 0.05) is 25.6 Å². The summed E-state index contributed by atoms with van der Waals surface area (Å²) in [6, 6.07) is 7.56. The van der Waals surface area contributed by atoms with Crippen LogP contribution in [0.4, 0.5) is 0 Å². The van der Waals surface area contributed by atoms with Crippen molar-refractivity contribution >= 4 is 27.6 Å². The molecule has 1 amide bonds. The molecule has 0 fully saturated rings. The Bertz CT molecular complexity index is 470. The maximum atomic E-state index is 12.2. The monoisotopic (exact) mass is 295 g/mol. The van der Waals surface area contributed by atoms with E-state index in [1.165, 1.54) is 4.90 Å². The predicted octanol–water partition coefficient (Wildman–Crippen LogP) is 1.89. The molecule has 1 aliphatic rings. The molecule has 2 unspecified atom stereocenters. The number of alkyl halides is 1. The average Bonchev–Trinajstić information content (AvgIpc) is 2.65. The van der Waals surface area contributed by atoms with Gasteiger partial charge >= 0.3 is 0 Å². The number of nitrogens with zero attached hydrogens (tertiary/aromatic N) is 1. The fourth-order valence-electron chi connectivity index (χ4n) is 2.12. The Kier molecular flexibility index (Phi) is 3.33. The minimum atomic E-state index is -0.433. The molecule has 3 nitrogen and oxygen atoms in total. The molecule has 17 heavy (non-hydrogen) atoms. The number of benzene rings is 1. The quantitative estimate of drug-likeness (QED) is 0.782. The molecule has 0 heterocycles. The molecule has 0 saturated carbocycles. The molecule has 4 heteroatoms. The van der Waals surface area contributed by atoms with E-state index >= 15 is 0 Å². The molecule has 2 rings (SSSR count). The van der Waals surface area contributed by atoms with Crippen molar-refractivity contribution in [3.8, 4) is 0 Å². The summed E-state index contributed by atoms with van der Waals surface area (Å²) in [5, 5.41) is 0. The molecule has 1 aromatic rings. The summed E-state index contributed by atoms with van der Waals surface area (Å²) in [6.07, 6.45) is 0.643. The molecular formula is C13H14BrNO2. The van der Waals surface area contributed by atoms with Gasteiger partial charge in [-0.2, -0.15) is 0 Å². The van der Waals surface area contributed by atoms with Crippen LogP contribution in [0.5, 0.6) is 0 Å². The Hall–Kier alpha value is -1.16. The van der Waals surface area contributed by atoms with Crippen LogP contribution < -0.4 is 0 Å². The van der Waals surface area contributed by atoms with Gasteiger partial charge in [-0.3, -0.25) is 9.59 Å². The number of amides is 1. The number of halogens is 1. The molecule has 1 aliphatic carbocycles. The second kappa shape index (κ2) is 4.61. The zero-order valence-electron chi connectivity index (χ0n) is 9.81. The molecule has 0 aromatic heterocycles. The minimum Gasteiger partial charge on any atom is -0.348 e. The van der Waals surface area contributed by atoms with Crippen LogP contribution in [0.1, 0.15) is 15.9 Å². The van der Waals surface area contributed by atoms with E-state index in [2.05, 4.69) is 15.9 Å². The fraction of sp³-hybridized carbons (Fsp3) is 0.385. The summed E-state index contributed by atoms with van der Waals surface area (Å²) in [6.45, 7) is 0. The topological polar surface area (TPSA) is 37.4 Å². The highest BCUT2D eigenvalue weighted by molar-refractivity contribution is 9.10. The van der Waals surface area contributed by atoms with E-state index in [0.717, 1.165) is 11.1 Å². The van der Waals surface area contributed by atoms with E-state index in [1.54, 1.807) is 14.1 Å². The number of hydrogen-bond acceptors (Lipinski definition) is 2. The third-order valence-electron chi connectivity index (χ3n) is 3.09. The molecule has 0 radical (unpaired) electrons. The van der Waals surface area contributed by atoms with Gasteiger partial charge in [-0.05, 0) is 12.0 Å². The van der Waals surface area contributed by atoms with Crippen LogP contribution in [-0.4, -0.2) is 35.5 Å².